The van der Waals surface area contributed by atoms with Crippen molar-refractivity contribution in [1.82, 2.24) is 14.5 Å². The first-order valence-electron chi connectivity index (χ1n) is 8.33. The average molecular weight is 376 g/mol. The quantitative estimate of drug-likeness (QED) is 0.508. The lowest BCUT2D eigenvalue weighted by molar-refractivity contribution is 0.0990. The Kier molecular flexibility index (Phi) is 4.52. The summed E-state index contributed by atoms with van der Waals surface area (Å²) in [7, 11) is 0. The van der Waals surface area contributed by atoms with Crippen LogP contribution in [-0.4, -0.2) is 20.3 Å². The van der Waals surface area contributed by atoms with Gasteiger partial charge in [-0.2, -0.15) is 0 Å². The predicted octanol–water partition coefficient (Wildman–Crippen LogP) is 3.86. The minimum Gasteiger partial charge on any atom is -0.294 e. The molecule has 0 radical (unpaired) electrons. The summed E-state index contributed by atoms with van der Waals surface area (Å²) in [6.45, 7) is 0. The third kappa shape index (κ3) is 3.37. The van der Waals surface area contributed by atoms with Gasteiger partial charge in [0.25, 0.3) is 5.56 Å². The molecule has 132 valence electrons. The Morgan fingerprint density at radius 1 is 1.00 bits per heavy atom. The van der Waals surface area contributed by atoms with Gasteiger partial charge >= 0.3 is 0 Å². The number of hydrogen-bond donors (Lipinski definition) is 0. The van der Waals surface area contributed by atoms with Crippen molar-refractivity contribution >= 4 is 28.3 Å². The maximum Gasteiger partial charge on any atom is 0.265 e. The van der Waals surface area contributed by atoms with Gasteiger partial charge < -0.3 is 0 Å². The van der Waals surface area contributed by atoms with E-state index in [0.717, 1.165) is 0 Å². The maximum absolute atomic E-state index is 13.1. The summed E-state index contributed by atoms with van der Waals surface area (Å²) in [5.41, 5.74) is 1.41. The Labute approximate surface area is 159 Å². The molecule has 0 amide bonds. The number of hydrogen-bond acceptors (Lipinski definition) is 4. The van der Waals surface area contributed by atoms with Crippen LogP contribution in [0, 0.1) is 0 Å². The fourth-order valence-electron chi connectivity index (χ4n) is 2.96. The zero-order valence-electron chi connectivity index (χ0n) is 14.2. The first kappa shape index (κ1) is 17.1. The second-order valence-electron chi connectivity index (χ2n) is 6.00. The lowest BCUT2D eigenvalue weighted by Gasteiger charge is -2.13. The van der Waals surface area contributed by atoms with Gasteiger partial charge in [0.1, 0.15) is 5.82 Å². The van der Waals surface area contributed by atoms with E-state index in [0.29, 0.717) is 33.0 Å². The molecule has 2 aromatic heterocycles. The number of rotatable bonds is 4. The van der Waals surface area contributed by atoms with Gasteiger partial charge in [0.2, 0.25) is 0 Å². The molecule has 0 saturated carbocycles. The summed E-state index contributed by atoms with van der Waals surface area (Å²) in [6, 6.07) is 17.3. The number of benzene rings is 2. The van der Waals surface area contributed by atoms with E-state index < -0.39 is 0 Å². The molecule has 0 spiro atoms. The number of nitrogens with zero attached hydrogens (tertiary/aromatic N) is 3. The van der Waals surface area contributed by atoms with Crippen molar-refractivity contribution in [2.75, 3.05) is 0 Å². The van der Waals surface area contributed by atoms with E-state index in [1.807, 2.05) is 6.07 Å². The highest BCUT2D eigenvalue weighted by atomic mass is 35.5. The van der Waals surface area contributed by atoms with E-state index >= 15 is 0 Å². The molecule has 5 nitrogen and oxygen atoms in total. The standard InChI is InChI=1S/C21H14ClN3O2/c22-15-4-3-5-16(12-15)25-20(13-19(26)14-8-10-23-11-9-14)24-18-7-2-1-6-17(18)21(25)27/h1-12H,13H2. The van der Waals surface area contributed by atoms with E-state index in [1.54, 1.807) is 67.0 Å². The van der Waals surface area contributed by atoms with Gasteiger partial charge in [-0.25, -0.2) is 4.98 Å². The van der Waals surface area contributed by atoms with Crippen LogP contribution in [0.3, 0.4) is 0 Å². The molecule has 0 unspecified atom stereocenters. The second kappa shape index (κ2) is 7.13. The van der Waals surface area contributed by atoms with Crippen molar-refractivity contribution in [2.24, 2.45) is 0 Å². The zero-order valence-corrected chi connectivity index (χ0v) is 14.9. The minimum atomic E-state index is -0.236. The van der Waals surface area contributed by atoms with Crippen molar-refractivity contribution in [2.45, 2.75) is 6.42 Å². The zero-order chi connectivity index (χ0) is 18.8. The molecule has 0 saturated heterocycles. The number of halogens is 1. The van der Waals surface area contributed by atoms with Crippen LogP contribution in [0.5, 0.6) is 0 Å². The van der Waals surface area contributed by atoms with Crippen LogP contribution in [0.4, 0.5) is 0 Å². The Hall–Kier alpha value is -3.31. The molecule has 0 aliphatic heterocycles. The van der Waals surface area contributed by atoms with Crippen LogP contribution in [0.2, 0.25) is 5.02 Å². The van der Waals surface area contributed by atoms with Crippen molar-refractivity contribution in [1.29, 1.82) is 0 Å². The van der Waals surface area contributed by atoms with Crippen LogP contribution in [0.1, 0.15) is 16.2 Å². The summed E-state index contributed by atoms with van der Waals surface area (Å²) in [5, 5.41) is 0.983. The molecular weight excluding hydrogens is 362 g/mol. The van der Waals surface area contributed by atoms with E-state index in [4.69, 9.17) is 11.6 Å². The number of ketones is 1. The van der Waals surface area contributed by atoms with Crippen molar-refractivity contribution < 1.29 is 4.79 Å². The molecule has 2 heterocycles. The molecule has 0 aliphatic carbocycles. The number of carbonyl (C=O) groups excluding carboxylic acids is 1. The Morgan fingerprint density at radius 2 is 1.78 bits per heavy atom. The number of fused-ring (bicyclic) bond motifs is 1. The monoisotopic (exact) mass is 375 g/mol. The predicted molar refractivity (Wildman–Crippen MR) is 105 cm³/mol. The smallest absolute Gasteiger partial charge is 0.265 e. The number of aromatic nitrogens is 3. The molecule has 2 aromatic carbocycles. The van der Waals surface area contributed by atoms with Gasteiger partial charge in [-0.15, -0.1) is 0 Å². The van der Waals surface area contributed by atoms with Crippen LogP contribution < -0.4 is 5.56 Å². The number of Topliss-reactive ketones (excluding diaryl/α,β-unsaturated/α-hetero) is 1. The van der Waals surface area contributed by atoms with Crippen LogP contribution in [-0.2, 0) is 6.42 Å². The van der Waals surface area contributed by atoms with Gasteiger partial charge in [-0.1, -0.05) is 29.8 Å². The minimum absolute atomic E-state index is 0.0173. The lowest BCUT2D eigenvalue weighted by atomic mass is 10.1. The molecule has 4 rings (SSSR count). The largest absolute Gasteiger partial charge is 0.294 e. The molecule has 4 aromatic rings. The third-order valence-corrected chi connectivity index (χ3v) is 4.47. The van der Waals surface area contributed by atoms with Crippen LogP contribution in [0.15, 0.2) is 77.9 Å². The average Bonchev–Trinajstić information content (AvgIpc) is 2.69. The SMILES string of the molecule is O=C(Cc1nc2ccccc2c(=O)n1-c1cccc(Cl)c1)c1ccncc1. The molecular formula is C21H14ClN3O2. The molecule has 0 atom stereocenters. The topological polar surface area (TPSA) is 64.8 Å². The van der Waals surface area contributed by atoms with E-state index in [-0.39, 0.29) is 17.8 Å². The van der Waals surface area contributed by atoms with Crippen LogP contribution in [0.25, 0.3) is 16.6 Å². The van der Waals surface area contributed by atoms with Crippen LogP contribution >= 0.6 is 11.6 Å². The summed E-state index contributed by atoms with van der Waals surface area (Å²) in [5.74, 6) is 0.220. The Morgan fingerprint density at radius 3 is 2.56 bits per heavy atom. The van der Waals surface area contributed by atoms with Crippen molar-refractivity contribution in [3.05, 3.63) is 99.8 Å². The van der Waals surface area contributed by atoms with Gasteiger partial charge in [0.15, 0.2) is 5.78 Å². The number of para-hydroxylation sites is 1. The molecule has 0 aliphatic rings. The lowest BCUT2D eigenvalue weighted by Crippen LogP contribution is -2.25. The molecule has 0 N–H and O–H groups in total. The number of pyridine rings is 1. The van der Waals surface area contributed by atoms with Gasteiger partial charge in [0, 0.05) is 23.0 Å². The molecule has 27 heavy (non-hydrogen) atoms. The fourth-order valence-corrected chi connectivity index (χ4v) is 3.15. The fraction of sp³-hybridized carbons (Fsp3) is 0.0476. The maximum atomic E-state index is 13.1. The Bertz CT molecular complexity index is 1200. The van der Waals surface area contributed by atoms with E-state index in [9.17, 15) is 9.59 Å². The molecule has 0 bridgehead atoms. The van der Waals surface area contributed by atoms with E-state index in [1.165, 1.54) is 4.57 Å². The van der Waals surface area contributed by atoms with Crippen molar-refractivity contribution in [3.8, 4) is 5.69 Å². The molecule has 6 heteroatoms. The molecule has 0 fully saturated rings. The first-order chi connectivity index (χ1) is 13.1. The van der Waals surface area contributed by atoms with Gasteiger partial charge in [-0.05, 0) is 42.5 Å². The van der Waals surface area contributed by atoms with E-state index in [2.05, 4.69) is 9.97 Å². The normalized spacial score (nSPS) is 10.9. The third-order valence-electron chi connectivity index (χ3n) is 4.23. The summed E-state index contributed by atoms with van der Waals surface area (Å²) >= 11 is 6.11. The number of carbonyl (C=O) groups is 1. The van der Waals surface area contributed by atoms with Gasteiger partial charge in [0.05, 0.1) is 23.0 Å². The first-order valence-corrected chi connectivity index (χ1v) is 8.71. The summed E-state index contributed by atoms with van der Waals surface area (Å²) in [4.78, 5) is 34.4. The highest BCUT2D eigenvalue weighted by Crippen LogP contribution is 2.18. The summed E-state index contributed by atoms with van der Waals surface area (Å²) < 4.78 is 1.45. The van der Waals surface area contributed by atoms with Crippen molar-refractivity contribution in [3.63, 3.8) is 0 Å². The second-order valence-corrected chi connectivity index (χ2v) is 6.44. The highest BCUT2D eigenvalue weighted by Gasteiger charge is 2.16. The Balaban J connectivity index is 1.91. The summed E-state index contributed by atoms with van der Waals surface area (Å²) in [6.07, 6.45) is 3.10. The van der Waals surface area contributed by atoms with Gasteiger partial charge in [-0.3, -0.25) is 19.1 Å². The highest BCUT2D eigenvalue weighted by molar-refractivity contribution is 6.30.